The van der Waals surface area contributed by atoms with Gasteiger partial charge in [-0.3, -0.25) is 0 Å². The first-order valence-electron chi connectivity index (χ1n) is 5.61. The van der Waals surface area contributed by atoms with Crippen LogP contribution in [0.1, 0.15) is 23.7 Å². The molecule has 1 aromatic heterocycles. The molecule has 1 aromatic rings. The number of hydrogen-bond acceptors (Lipinski definition) is 4. The fraction of sp³-hybridized carbons (Fsp3) is 0.700. The summed E-state index contributed by atoms with van der Waals surface area (Å²) in [4.78, 5) is 0. The first-order chi connectivity index (χ1) is 8.07. The molecule has 0 saturated carbocycles. The van der Waals surface area contributed by atoms with Gasteiger partial charge in [-0.2, -0.15) is 5.10 Å². The molecule has 0 aliphatic carbocycles. The van der Waals surface area contributed by atoms with Crippen LogP contribution >= 0.6 is 11.6 Å². The van der Waals surface area contributed by atoms with Gasteiger partial charge in [0.05, 0.1) is 36.5 Å². The van der Waals surface area contributed by atoms with Gasteiger partial charge < -0.3 is 4.74 Å². The van der Waals surface area contributed by atoms with Crippen molar-refractivity contribution in [1.82, 2.24) is 9.78 Å². The van der Waals surface area contributed by atoms with E-state index < -0.39 is 9.84 Å². The van der Waals surface area contributed by atoms with Crippen molar-refractivity contribution in [3.63, 3.8) is 0 Å². The molecule has 2 aliphatic heterocycles. The van der Waals surface area contributed by atoms with Crippen LogP contribution in [0, 0.1) is 0 Å². The number of aromatic nitrogens is 2. The standard InChI is InChI=1S/C10H13ClN2O3S/c11-10-8-5-16-3-1-9(8)12-13(10)7-2-4-17(14,15)6-7/h7H,1-6H2. The van der Waals surface area contributed by atoms with Crippen molar-refractivity contribution in [3.8, 4) is 0 Å². The molecule has 5 nitrogen and oxygen atoms in total. The van der Waals surface area contributed by atoms with Crippen molar-refractivity contribution >= 4 is 21.4 Å². The fourth-order valence-corrected chi connectivity index (χ4v) is 4.42. The maximum Gasteiger partial charge on any atom is 0.152 e. The molecule has 0 aromatic carbocycles. The molecule has 1 saturated heterocycles. The Bertz CT molecular complexity index is 552. The molecule has 0 spiro atoms. The molecule has 17 heavy (non-hydrogen) atoms. The quantitative estimate of drug-likeness (QED) is 0.767. The zero-order valence-electron chi connectivity index (χ0n) is 9.23. The minimum absolute atomic E-state index is 0.113. The van der Waals surface area contributed by atoms with Gasteiger partial charge in [-0.05, 0) is 6.42 Å². The van der Waals surface area contributed by atoms with Gasteiger partial charge in [-0.15, -0.1) is 0 Å². The third-order valence-electron chi connectivity index (χ3n) is 3.31. The molecule has 0 radical (unpaired) electrons. The lowest BCUT2D eigenvalue weighted by Gasteiger charge is -2.10. The van der Waals surface area contributed by atoms with Crippen LogP contribution in [0.15, 0.2) is 0 Å². The van der Waals surface area contributed by atoms with Crippen LogP contribution in [-0.4, -0.2) is 36.3 Å². The van der Waals surface area contributed by atoms with Gasteiger partial charge in [0, 0.05) is 12.0 Å². The van der Waals surface area contributed by atoms with E-state index in [-0.39, 0.29) is 17.5 Å². The summed E-state index contributed by atoms with van der Waals surface area (Å²) in [6.07, 6.45) is 1.35. The second-order valence-electron chi connectivity index (χ2n) is 4.52. The lowest BCUT2D eigenvalue weighted by molar-refractivity contribution is 0.110. The average Bonchev–Trinajstić information content (AvgIpc) is 2.81. The van der Waals surface area contributed by atoms with Crippen molar-refractivity contribution in [2.24, 2.45) is 0 Å². The first-order valence-corrected chi connectivity index (χ1v) is 7.81. The number of rotatable bonds is 1. The Morgan fingerprint density at radius 2 is 2.29 bits per heavy atom. The van der Waals surface area contributed by atoms with E-state index in [0.29, 0.717) is 24.8 Å². The van der Waals surface area contributed by atoms with Gasteiger partial charge >= 0.3 is 0 Å². The fourth-order valence-electron chi connectivity index (χ4n) is 2.39. The molecule has 0 bridgehead atoms. The van der Waals surface area contributed by atoms with Gasteiger partial charge in [-0.1, -0.05) is 11.6 Å². The summed E-state index contributed by atoms with van der Waals surface area (Å²) in [6, 6.07) is -0.113. The summed E-state index contributed by atoms with van der Waals surface area (Å²) in [5.41, 5.74) is 1.87. The van der Waals surface area contributed by atoms with Crippen molar-refractivity contribution in [3.05, 3.63) is 16.4 Å². The molecule has 1 atom stereocenters. The Morgan fingerprint density at radius 3 is 2.94 bits per heavy atom. The molecular weight excluding hydrogens is 264 g/mol. The highest BCUT2D eigenvalue weighted by atomic mass is 35.5. The summed E-state index contributed by atoms with van der Waals surface area (Å²) in [7, 11) is -2.91. The molecule has 0 amide bonds. The first kappa shape index (κ1) is 11.5. The smallest absolute Gasteiger partial charge is 0.152 e. The van der Waals surface area contributed by atoms with E-state index in [4.69, 9.17) is 16.3 Å². The Labute approximate surface area is 105 Å². The molecule has 3 rings (SSSR count). The van der Waals surface area contributed by atoms with Gasteiger partial charge in [-0.25, -0.2) is 13.1 Å². The second-order valence-corrected chi connectivity index (χ2v) is 7.11. The number of hydrogen-bond donors (Lipinski definition) is 0. The van der Waals surface area contributed by atoms with E-state index in [1.807, 2.05) is 0 Å². The maximum absolute atomic E-state index is 11.5. The molecule has 94 valence electrons. The lowest BCUT2D eigenvalue weighted by Crippen LogP contribution is -2.13. The largest absolute Gasteiger partial charge is 0.376 e. The number of halogens is 1. The van der Waals surface area contributed by atoms with E-state index >= 15 is 0 Å². The minimum atomic E-state index is -2.91. The van der Waals surface area contributed by atoms with E-state index in [0.717, 1.165) is 17.7 Å². The SMILES string of the molecule is O=S1(=O)CCC(n2nc3c(c2Cl)COCC3)C1. The number of sulfone groups is 1. The van der Waals surface area contributed by atoms with Crippen molar-refractivity contribution in [1.29, 1.82) is 0 Å². The predicted octanol–water partition coefficient (Wildman–Crippen LogP) is 0.969. The van der Waals surface area contributed by atoms with Crippen LogP contribution in [0.4, 0.5) is 0 Å². The van der Waals surface area contributed by atoms with E-state index in [1.165, 1.54) is 0 Å². The van der Waals surface area contributed by atoms with Gasteiger partial charge in [0.15, 0.2) is 9.84 Å². The number of nitrogens with zero attached hydrogens (tertiary/aromatic N) is 2. The van der Waals surface area contributed by atoms with Crippen LogP contribution in [0.2, 0.25) is 5.15 Å². The highest BCUT2D eigenvalue weighted by Crippen LogP contribution is 2.31. The van der Waals surface area contributed by atoms with Gasteiger partial charge in [0.25, 0.3) is 0 Å². The third kappa shape index (κ3) is 1.98. The summed E-state index contributed by atoms with van der Waals surface area (Å²) in [6.45, 7) is 1.14. The normalized spacial score (nSPS) is 27.0. The predicted molar refractivity (Wildman–Crippen MR) is 62.9 cm³/mol. The van der Waals surface area contributed by atoms with Gasteiger partial charge in [0.1, 0.15) is 5.15 Å². The summed E-state index contributed by atoms with van der Waals surface area (Å²) < 4.78 is 29.9. The molecule has 3 heterocycles. The minimum Gasteiger partial charge on any atom is -0.376 e. The highest BCUT2D eigenvalue weighted by molar-refractivity contribution is 7.91. The molecular formula is C10H13ClN2O3S. The van der Waals surface area contributed by atoms with Crippen molar-refractivity contribution in [2.45, 2.75) is 25.5 Å². The van der Waals surface area contributed by atoms with Crippen LogP contribution in [0.3, 0.4) is 0 Å². The van der Waals surface area contributed by atoms with Crippen LogP contribution in [0.5, 0.6) is 0 Å². The Balaban J connectivity index is 1.96. The van der Waals surface area contributed by atoms with Crippen LogP contribution in [0.25, 0.3) is 0 Å². The highest BCUT2D eigenvalue weighted by Gasteiger charge is 2.32. The van der Waals surface area contributed by atoms with Crippen molar-refractivity contribution in [2.75, 3.05) is 18.1 Å². The summed E-state index contributed by atoms with van der Waals surface area (Å²) in [5, 5.41) is 4.98. The lowest BCUT2D eigenvalue weighted by atomic mass is 10.2. The zero-order valence-corrected chi connectivity index (χ0v) is 10.8. The summed E-state index contributed by atoms with van der Waals surface area (Å²) >= 11 is 6.24. The second kappa shape index (κ2) is 3.96. The van der Waals surface area contributed by atoms with Gasteiger partial charge in [0.2, 0.25) is 0 Å². The molecule has 2 aliphatic rings. The zero-order chi connectivity index (χ0) is 12.0. The Hall–Kier alpha value is -0.590. The Morgan fingerprint density at radius 1 is 1.47 bits per heavy atom. The van der Waals surface area contributed by atoms with E-state index in [1.54, 1.807) is 4.68 Å². The Kier molecular flexibility index (Phi) is 2.68. The molecule has 1 fully saturated rings. The summed E-state index contributed by atoms with van der Waals surface area (Å²) in [5.74, 6) is 0.378. The van der Waals surface area contributed by atoms with Crippen LogP contribution in [-0.2, 0) is 27.6 Å². The van der Waals surface area contributed by atoms with Crippen LogP contribution < -0.4 is 0 Å². The average molecular weight is 277 g/mol. The van der Waals surface area contributed by atoms with E-state index in [2.05, 4.69) is 5.10 Å². The topological polar surface area (TPSA) is 61.2 Å². The molecule has 1 unspecified atom stereocenters. The third-order valence-corrected chi connectivity index (χ3v) is 5.46. The monoisotopic (exact) mass is 276 g/mol. The molecule has 7 heteroatoms. The number of ether oxygens (including phenoxy) is 1. The maximum atomic E-state index is 11.5. The number of fused-ring (bicyclic) bond motifs is 1. The van der Waals surface area contributed by atoms with Crippen molar-refractivity contribution < 1.29 is 13.2 Å². The van der Waals surface area contributed by atoms with E-state index in [9.17, 15) is 8.42 Å². The molecule has 0 N–H and O–H groups in total.